The van der Waals surface area contributed by atoms with Gasteiger partial charge >= 0.3 is 0 Å². The number of alkyl halides is 1. The molecule has 3 aromatic rings. The largest absolute Gasteiger partial charge is 0.387 e. The second kappa shape index (κ2) is 7.55. The Hall–Kier alpha value is -2.40. The monoisotopic (exact) mass is 411 g/mol. The van der Waals surface area contributed by atoms with Crippen molar-refractivity contribution < 1.29 is 23.4 Å². The Morgan fingerprint density at radius 1 is 1.36 bits per heavy atom. The summed E-state index contributed by atoms with van der Waals surface area (Å²) in [6.07, 6.45) is -4.00. The number of nitrogens with zero attached hydrogens (tertiary/aromatic N) is 4. The van der Waals surface area contributed by atoms with Crippen molar-refractivity contribution in [1.29, 1.82) is 0 Å². The SMILES string of the molecule is Nc1nc(Cl)nc2c1ncn2[C@@H]1O[C@H](COCc2cccc(F)c2)[C@@H](O)[C@@H]1F. The molecule has 0 radical (unpaired) electrons. The molecule has 0 aliphatic carbocycles. The van der Waals surface area contributed by atoms with E-state index in [1.807, 2.05) is 0 Å². The molecule has 4 atom stereocenters. The first-order valence-corrected chi connectivity index (χ1v) is 8.77. The van der Waals surface area contributed by atoms with E-state index in [0.717, 1.165) is 0 Å². The lowest BCUT2D eigenvalue weighted by atomic mass is 10.1. The van der Waals surface area contributed by atoms with Crippen LogP contribution in [0.2, 0.25) is 5.28 Å². The smallest absolute Gasteiger partial charge is 0.226 e. The number of hydrogen-bond donors (Lipinski definition) is 2. The number of rotatable bonds is 5. The average Bonchev–Trinajstić information content (AvgIpc) is 3.18. The summed E-state index contributed by atoms with van der Waals surface area (Å²) in [6, 6.07) is 5.91. The van der Waals surface area contributed by atoms with Crippen LogP contribution in [0, 0.1) is 5.82 Å². The molecule has 2 aromatic heterocycles. The Bertz CT molecular complexity index is 1000. The van der Waals surface area contributed by atoms with Gasteiger partial charge in [0.1, 0.15) is 23.5 Å². The van der Waals surface area contributed by atoms with E-state index >= 15 is 0 Å². The van der Waals surface area contributed by atoms with Crippen molar-refractivity contribution in [2.45, 2.75) is 31.2 Å². The number of nitrogens with two attached hydrogens (primary N) is 1. The summed E-state index contributed by atoms with van der Waals surface area (Å²) in [5.74, 6) is -0.327. The first kappa shape index (κ1) is 18.9. The molecule has 148 valence electrons. The summed E-state index contributed by atoms with van der Waals surface area (Å²) < 4.78 is 40.3. The van der Waals surface area contributed by atoms with Crippen LogP contribution in [-0.2, 0) is 16.1 Å². The lowest BCUT2D eigenvalue weighted by Gasteiger charge is -2.15. The first-order chi connectivity index (χ1) is 13.4. The molecule has 0 spiro atoms. The second-order valence-electron chi connectivity index (χ2n) is 6.35. The molecule has 4 rings (SSSR count). The van der Waals surface area contributed by atoms with Gasteiger partial charge < -0.3 is 20.3 Å². The van der Waals surface area contributed by atoms with Crippen LogP contribution in [0.5, 0.6) is 0 Å². The van der Waals surface area contributed by atoms with Gasteiger partial charge in [-0.25, -0.2) is 13.8 Å². The molecule has 0 saturated carbocycles. The maximum atomic E-state index is 14.7. The van der Waals surface area contributed by atoms with E-state index in [-0.39, 0.29) is 41.3 Å². The number of imidazole rings is 1. The lowest BCUT2D eigenvalue weighted by Crippen LogP contribution is -2.31. The van der Waals surface area contributed by atoms with E-state index in [2.05, 4.69) is 15.0 Å². The third kappa shape index (κ3) is 3.51. The summed E-state index contributed by atoms with van der Waals surface area (Å²) in [6.45, 7) is 0.0123. The number of anilines is 1. The van der Waals surface area contributed by atoms with Crippen molar-refractivity contribution in [2.75, 3.05) is 12.3 Å². The van der Waals surface area contributed by atoms with E-state index in [1.54, 1.807) is 12.1 Å². The topological polar surface area (TPSA) is 108 Å². The van der Waals surface area contributed by atoms with Crippen LogP contribution in [0.3, 0.4) is 0 Å². The second-order valence-corrected chi connectivity index (χ2v) is 6.69. The number of aliphatic hydroxyl groups excluding tert-OH is 1. The Balaban J connectivity index is 1.47. The highest BCUT2D eigenvalue weighted by Gasteiger charge is 2.45. The quantitative estimate of drug-likeness (QED) is 0.618. The number of halogens is 3. The molecule has 3 heterocycles. The summed E-state index contributed by atoms with van der Waals surface area (Å²) in [5.41, 5.74) is 6.81. The Morgan fingerprint density at radius 2 is 2.18 bits per heavy atom. The third-order valence-electron chi connectivity index (χ3n) is 4.43. The van der Waals surface area contributed by atoms with E-state index < -0.39 is 24.6 Å². The molecule has 1 fully saturated rings. The van der Waals surface area contributed by atoms with Crippen LogP contribution >= 0.6 is 11.6 Å². The lowest BCUT2D eigenvalue weighted by molar-refractivity contribution is -0.0660. The minimum absolute atomic E-state index is 0.0534. The highest BCUT2D eigenvalue weighted by molar-refractivity contribution is 6.28. The van der Waals surface area contributed by atoms with Crippen LogP contribution in [0.15, 0.2) is 30.6 Å². The normalized spacial score (nSPS) is 24.9. The maximum Gasteiger partial charge on any atom is 0.226 e. The molecule has 1 aliphatic rings. The zero-order valence-electron chi connectivity index (χ0n) is 14.4. The average molecular weight is 412 g/mol. The number of aliphatic hydroxyl groups is 1. The molecular formula is C17H16ClF2N5O3. The van der Waals surface area contributed by atoms with Gasteiger partial charge in [0.25, 0.3) is 0 Å². The molecule has 1 aliphatic heterocycles. The summed E-state index contributed by atoms with van der Waals surface area (Å²) in [7, 11) is 0. The van der Waals surface area contributed by atoms with Crippen molar-refractivity contribution in [1.82, 2.24) is 19.5 Å². The first-order valence-electron chi connectivity index (χ1n) is 8.39. The summed E-state index contributed by atoms with van der Waals surface area (Å²) in [4.78, 5) is 11.9. The molecular weight excluding hydrogens is 396 g/mol. The molecule has 11 heteroatoms. The number of aromatic nitrogens is 4. The predicted octanol–water partition coefficient (Wildman–Crippen LogP) is 2.01. The number of ether oxygens (including phenoxy) is 2. The van der Waals surface area contributed by atoms with Crippen molar-refractivity contribution in [3.63, 3.8) is 0 Å². The Labute approximate surface area is 162 Å². The maximum absolute atomic E-state index is 14.7. The van der Waals surface area contributed by atoms with Gasteiger partial charge in [-0.15, -0.1) is 0 Å². The standard InChI is InChI=1S/C17H16ClF2N5O3/c18-17-23-14(21)12-15(24-17)25(7-22-12)16-11(20)13(26)10(28-16)6-27-5-8-2-1-3-9(19)4-8/h1-4,7,10-11,13,16,26H,5-6H2,(H2,21,23,24)/t10-,11+,13-,16-/m1/s1. The zero-order valence-corrected chi connectivity index (χ0v) is 15.1. The van der Waals surface area contributed by atoms with Crippen molar-refractivity contribution in [3.05, 3.63) is 47.3 Å². The summed E-state index contributed by atoms with van der Waals surface area (Å²) in [5, 5.41) is 10.1. The van der Waals surface area contributed by atoms with Gasteiger partial charge in [-0.1, -0.05) is 12.1 Å². The van der Waals surface area contributed by atoms with Gasteiger partial charge in [-0.05, 0) is 29.3 Å². The molecule has 0 unspecified atom stereocenters. The Morgan fingerprint density at radius 3 is 2.96 bits per heavy atom. The van der Waals surface area contributed by atoms with Crippen LogP contribution in [0.4, 0.5) is 14.6 Å². The Kier molecular flexibility index (Phi) is 5.11. The van der Waals surface area contributed by atoms with Crippen LogP contribution in [0.25, 0.3) is 11.2 Å². The minimum atomic E-state index is -1.75. The molecule has 0 bridgehead atoms. The fourth-order valence-corrected chi connectivity index (χ4v) is 3.25. The number of hydrogen-bond acceptors (Lipinski definition) is 7. The fraction of sp³-hybridized carbons (Fsp3) is 0.353. The van der Waals surface area contributed by atoms with Gasteiger partial charge in [0.2, 0.25) is 5.28 Å². The van der Waals surface area contributed by atoms with Gasteiger partial charge in [0.15, 0.2) is 23.9 Å². The highest BCUT2D eigenvalue weighted by atomic mass is 35.5. The van der Waals surface area contributed by atoms with Gasteiger partial charge in [0.05, 0.1) is 19.5 Å². The molecule has 1 aromatic carbocycles. The van der Waals surface area contributed by atoms with E-state index in [9.17, 15) is 13.9 Å². The van der Waals surface area contributed by atoms with E-state index in [0.29, 0.717) is 5.56 Å². The van der Waals surface area contributed by atoms with E-state index in [4.69, 9.17) is 26.8 Å². The van der Waals surface area contributed by atoms with Gasteiger partial charge in [-0.3, -0.25) is 4.57 Å². The van der Waals surface area contributed by atoms with Crippen molar-refractivity contribution in [2.24, 2.45) is 0 Å². The third-order valence-corrected chi connectivity index (χ3v) is 4.60. The number of benzene rings is 1. The molecule has 3 N–H and O–H groups in total. The number of fused-ring (bicyclic) bond motifs is 1. The fourth-order valence-electron chi connectivity index (χ4n) is 3.08. The van der Waals surface area contributed by atoms with Gasteiger partial charge in [0, 0.05) is 0 Å². The zero-order chi connectivity index (χ0) is 19.8. The van der Waals surface area contributed by atoms with Crippen molar-refractivity contribution >= 4 is 28.6 Å². The molecule has 28 heavy (non-hydrogen) atoms. The predicted molar refractivity (Wildman–Crippen MR) is 95.6 cm³/mol. The molecule has 8 nitrogen and oxygen atoms in total. The van der Waals surface area contributed by atoms with Crippen LogP contribution < -0.4 is 5.73 Å². The van der Waals surface area contributed by atoms with Crippen LogP contribution in [0.1, 0.15) is 11.8 Å². The molecule has 0 amide bonds. The highest BCUT2D eigenvalue weighted by Crippen LogP contribution is 2.34. The van der Waals surface area contributed by atoms with E-state index in [1.165, 1.54) is 23.0 Å². The summed E-state index contributed by atoms with van der Waals surface area (Å²) >= 11 is 5.82. The van der Waals surface area contributed by atoms with Crippen LogP contribution in [-0.4, -0.2) is 49.6 Å². The number of nitrogen functional groups attached to an aromatic ring is 1. The molecule has 1 saturated heterocycles. The minimum Gasteiger partial charge on any atom is -0.387 e. The van der Waals surface area contributed by atoms with Gasteiger partial charge in [-0.2, -0.15) is 9.97 Å². The van der Waals surface area contributed by atoms with Crippen molar-refractivity contribution in [3.8, 4) is 0 Å².